The van der Waals surface area contributed by atoms with Crippen molar-refractivity contribution in [2.45, 2.75) is 12.5 Å². The Hall–Kier alpha value is -0.840. The molecule has 0 aliphatic heterocycles. The van der Waals surface area contributed by atoms with Gasteiger partial charge in [0, 0.05) is 10.9 Å². The van der Waals surface area contributed by atoms with Gasteiger partial charge in [-0.05, 0) is 45.3 Å². The molecule has 0 heterocycles. The lowest BCUT2D eigenvalue weighted by Gasteiger charge is -2.13. The second-order valence-electron chi connectivity index (χ2n) is 4.21. The second kappa shape index (κ2) is 6.55. The normalized spacial score (nSPS) is 12.2. The predicted octanol–water partition coefficient (Wildman–Crippen LogP) is 4.50. The zero-order valence-electron chi connectivity index (χ0n) is 10.4. The molecule has 1 unspecified atom stereocenters. The Morgan fingerprint density at radius 2 is 1.84 bits per heavy atom. The van der Waals surface area contributed by atoms with E-state index >= 15 is 0 Å². The number of hydrogen-bond donors (Lipinski definition) is 1. The van der Waals surface area contributed by atoms with E-state index in [4.69, 9.17) is 4.74 Å². The highest BCUT2D eigenvalue weighted by Crippen LogP contribution is 2.29. The molecule has 0 aromatic heterocycles. The monoisotopic (exact) mass is 384 g/mol. The summed E-state index contributed by atoms with van der Waals surface area (Å²) < 4.78 is 7.01. The number of benzene rings is 2. The summed E-state index contributed by atoms with van der Waals surface area (Å²) in [6.45, 7) is 0. The first kappa shape index (κ1) is 14.6. The Morgan fingerprint density at radius 1 is 1.11 bits per heavy atom. The van der Waals surface area contributed by atoms with Crippen molar-refractivity contribution < 1.29 is 9.84 Å². The van der Waals surface area contributed by atoms with Crippen molar-refractivity contribution in [1.29, 1.82) is 0 Å². The van der Waals surface area contributed by atoms with Crippen LogP contribution in [0.15, 0.2) is 51.4 Å². The first-order valence-corrected chi connectivity index (χ1v) is 7.45. The van der Waals surface area contributed by atoms with Gasteiger partial charge in [-0.25, -0.2) is 0 Å². The van der Waals surface area contributed by atoms with Crippen LogP contribution in [0.5, 0.6) is 5.75 Å². The maximum absolute atomic E-state index is 10.3. The van der Waals surface area contributed by atoms with Crippen LogP contribution in [0, 0.1) is 0 Å². The smallest absolute Gasteiger partial charge is 0.133 e. The Bertz CT molecular complexity index is 570. The lowest BCUT2D eigenvalue weighted by atomic mass is 10.0. The molecule has 0 saturated heterocycles. The molecule has 0 radical (unpaired) electrons. The van der Waals surface area contributed by atoms with Crippen LogP contribution in [0.4, 0.5) is 0 Å². The van der Waals surface area contributed by atoms with E-state index in [2.05, 4.69) is 31.9 Å². The number of methoxy groups -OCH3 is 1. The molecule has 2 nitrogen and oxygen atoms in total. The van der Waals surface area contributed by atoms with Crippen molar-refractivity contribution in [2.24, 2.45) is 0 Å². The summed E-state index contributed by atoms with van der Waals surface area (Å²) in [4.78, 5) is 0. The fourth-order valence-corrected chi connectivity index (χ4v) is 3.05. The van der Waals surface area contributed by atoms with E-state index in [0.29, 0.717) is 6.42 Å². The highest BCUT2D eigenvalue weighted by atomic mass is 79.9. The number of halogens is 2. The second-order valence-corrected chi connectivity index (χ2v) is 5.92. The fourth-order valence-electron chi connectivity index (χ4n) is 1.92. The average Bonchev–Trinajstić information content (AvgIpc) is 2.39. The molecule has 1 N–H and O–H groups in total. The van der Waals surface area contributed by atoms with E-state index in [-0.39, 0.29) is 0 Å². The van der Waals surface area contributed by atoms with Crippen LogP contribution < -0.4 is 4.74 Å². The Kier molecular flexibility index (Phi) is 5.02. The molecule has 0 bridgehead atoms. The van der Waals surface area contributed by atoms with E-state index in [1.54, 1.807) is 7.11 Å². The number of hydrogen-bond acceptors (Lipinski definition) is 2. The van der Waals surface area contributed by atoms with Gasteiger partial charge in [0.25, 0.3) is 0 Å². The maximum atomic E-state index is 10.3. The van der Waals surface area contributed by atoms with Gasteiger partial charge in [0.05, 0.1) is 17.7 Å². The molecule has 0 aliphatic rings. The molecule has 0 spiro atoms. The first-order valence-electron chi connectivity index (χ1n) is 5.86. The molecule has 0 saturated carbocycles. The van der Waals surface area contributed by atoms with Crippen molar-refractivity contribution >= 4 is 31.9 Å². The summed E-state index contributed by atoms with van der Waals surface area (Å²) in [7, 11) is 1.63. The molecule has 2 rings (SSSR count). The van der Waals surface area contributed by atoms with Gasteiger partial charge < -0.3 is 9.84 Å². The average molecular weight is 386 g/mol. The zero-order chi connectivity index (χ0) is 13.8. The summed E-state index contributed by atoms with van der Waals surface area (Å²) in [6, 6.07) is 13.5. The minimum atomic E-state index is -0.532. The molecular weight excluding hydrogens is 372 g/mol. The summed E-state index contributed by atoms with van der Waals surface area (Å²) in [6.07, 6.45) is 0.0291. The van der Waals surface area contributed by atoms with Gasteiger partial charge in [-0.2, -0.15) is 0 Å². The van der Waals surface area contributed by atoms with E-state index in [9.17, 15) is 5.11 Å². The molecule has 2 aromatic carbocycles. The highest BCUT2D eigenvalue weighted by Gasteiger charge is 2.12. The Morgan fingerprint density at radius 3 is 2.47 bits per heavy atom. The van der Waals surface area contributed by atoms with E-state index in [1.165, 1.54) is 0 Å². The molecule has 0 aliphatic carbocycles. The van der Waals surface area contributed by atoms with Gasteiger partial charge in [-0.3, -0.25) is 0 Å². The van der Waals surface area contributed by atoms with Crippen LogP contribution in [0.2, 0.25) is 0 Å². The van der Waals surface area contributed by atoms with Crippen LogP contribution in [-0.2, 0) is 6.42 Å². The van der Waals surface area contributed by atoms with Gasteiger partial charge in [-0.1, -0.05) is 40.2 Å². The number of ether oxygens (including phenoxy) is 1. The Labute approximate surface area is 129 Å². The van der Waals surface area contributed by atoms with Crippen LogP contribution in [0.3, 0.4) is 0 Å². The maximum Gasteiger partial charge on any atom is 0.133 e. The molecule has 2 aromatic rings. The Balaban J connectivity index is 2.17. The van der Waals surface area contributed by atoms with E-state index in [0.717, 1.165) is 25.8 Å². The lowest BCUT2D eigenvalue weighted by molar-refractivity contribution is 0.177. The minimum Gasteiger partial charge on any atom is -0.496 e. The largest absolute Gasteiger partial charge is 0.496 e. The molecule has 19 heavy (non-hydrogen) atoms. The number of aliphatic hydroxyl groups is 1. The summed E-state index contributed by atoms with van der Waals surface area (Å²) in [5.74, 6) is 0.791. The molecule has 0 amide bonds. The van der Waals surface area contributed by atoms with E-state index in [1.807, 2.05) is 42.5 Å². The van der Waals surface area contributed by atoms with Crippen LogP contribution in [0.25, 0.3) is 0 Å². The standard InChI is InChI=1S/C15H14Br2O2/c1-19-15-7-6-10(8-13(15)17)9-14(18)11-4-2-3-5-12(11)16/h2-8,14,18H,9H2,1H3. The molecule has 100 valence electrons. The van der Waals surface area contributed by atoms with Gasteiger partial charge in [-0.15, -0.1) is 0 Å². The van der Waals surface area contributed by atoms with Crippen molar-refractivity contribution in [3.63, 3.8) is 0 Å². The van der Waals surface area contributed by atoms with Crippen molar-refractivity contribution in [3.8, 4) is 5.75 Å². The molecule has 4 heteroatoms. The highest BCUT2D eigenvalue weighted by molar-refractivity contribution is 9.10. The van der Waals surface area contributed by atoms with Crippen molar-refractivity contribution in [2.75, 3.05) is 7.11 Å². The summed E-state index contributed by atoms with van der Waals surface area (Å²) >= 11 is 6.91. The van der Waals surface area contributed by atoms with Crippen LogP contribution in [-0.4, -0.2) is 12.2 Å². The van der Waals surface area contributed by atoms with Crippen molar-refractivity contribution in [1.82, 2.24) is 0 Å². The lowest BCUT2D eigenvalue weighted by Crippen LogP contribution is -2.02. The predicted molar refractivity (Wildman–Crippen MR) is 83.5 cm³/mol. The minimum absolute atomic E-state index is 0.532. The van der Waals surface area contributed by atoms with Gasteiger partial charge in [0.2, 0.25) is 0 Å². The number of aliphatic hydroxyl groups excluding tert-OH is 1. The summed E-state index contributed by atoms with van der Waals surface area (Å²) in [5.41, 5.74) is 1.95. The molecule has 1 atom stereocenters. The SMILES string of the molecule is COc1ccc(CC(O)c2ccccc2Br)cc1Br. The van der Waals surface area contributed by atoms with Crippen molar-refractivity contribution in [3.05, 3.63) is 62.5 Å². The summed E-state index contributed by atoms with van der Waals surface area (Å²) in [5, 5.41) is 10.3. The van der Waals surface area contributed by atoms with Crippen LogP contribution in [0.1, 0.15) is 17.2 Å². The quantitative estimate of drug-likeness (QED) is 0.839. The fraction of sp³-hybridized carbons (Fsp3) is 0.200. The molecular formula is C15H14Br2O2. The first-order chi connectivity index (χ1) is 9.11. The molecule has 0 fully saturated rings. The van der Waals surface area contributed by atoms with Crippen LogP contribution >= 0.6 is 31.9 Å². The topological polar surface area (TPSA) is 29.5 Å². The van der Waals surface area contributed by atoms with Gasteiger partial charge >= 0.3 is 0 Å². The zero-order valence-corrected chi connectivity index (χ0v) is 13.6. The third kappa shape index (κ3) is 3.59. The third-order valence-corrected chi connectivity index (χ3v) is 4.25. The number of rotatable bonds is 4. The van der Waals surface area contributed by atoms with Gasteiger partial charge in [0.1, 0.15) is 5.75 Å². The third-order valence-electron chi connectivity index (χ3n) is 2.91. The van der Waals surface area contributed by atoms with E-state index < -0.39 is 6.10 Å². The van der Waals surface area contributed by atoms with Gasteiger partial charge in [0.15, 0.2) is 0 Å².